The van der Waals surface area contributed by atoms with Crippen molar-refractivity contribution >= 4 is 11.9 Å². The van der Waals surface area contributed by atoms with E-state index in [1.165, 1.54) is 0 Å². The molecule has 3 N–H and O–H groups in total. The second-order valence-corrected chi connectivity index (χ2v) is 7.49. The Morgan fingerprint density at radius 2 is 1.72 bits per heavy atom. The Balaban J connectivity index is 2.08. The van der Waals surface area contributed by atoms with E-state index >= 15 is 0 Å². The molecular weight excluding hydrogens is 414 g/mol. The number of aliphatic carboxylic acids is 1. The molecule has 0 aromatic heterocycles. The molecule has 0 spiro atoms. The van der Waals surface area contributed by atoms with Gasteiger partial charge in [-0.05, 0) is 31.4 Å². The highest BCUT2D eigenvalue weighted by atomic mass is 16.6. The highest BCUT2D eigenvalue weighted by molar-refractivity contribution is 6.28. The van der Waals surface area contributed by atoms with Crippen LogP contribution < -0.4 is 10.1 Å². The summed E-state index contributed by atoms with van der Waals surface area (Å²) in [6.07, 6.45) is -0.627. The molecule has 0 saturated carbocycles. The van der Waals surface area contributed by atoms with E-state index in [4.69, 9.17) is 19.3 Å². The monoisotopic (exact) mass is 445 g/mol. The summed E-state index contributed by atoms with van der Waals surface area (Å²) in [6.45, 7) is 2.80. The van der Waals surface area contributed by atoms with E-state index in [0.717, 1.165) is 5.56 Å². The van der Waals surface area contributed by atoms with Crippen molar-refractivity contribution in [3.63, 3.8) is 0 Å². The van der Waals surface area contributed by atoms with Gasteiger partial charge in [0.15, 0.2) is 0 Å². The first-order valence-electron chi connectivity index (χ1n) is 10.5. The van der Waals surface area contributed by atoms with Gasteiger partial charge in [0.1, 0.15) is 24.6 Å². The summed E-state index contributed by atoms with van der Waals surface area (Å²) in [6, 6.07) is 16.7. The third-order valence-corrected chi connectivity index (χ3v) is 4.78. The third kappa shape index (κ3) is 8.66. The van der Waals surface area contributed by atoms with Crippen molar-refractivity contribution in [3.8, 4) is 5.75 Å². The largest absolute Gasteiger partial charge is 0.490 e. The standard InChI is InChI=1S/C24H31NO7/c1-17(15-30-2)25-14-19(26)16-31-21-11-7-6-10-20(21)22(32-24(29)23(27)28)13-12-18-8-4-3-5-9-18/h3-11,17,19,22,25-26H,12-16H2,1-2H3,(H,27,28). The molecule has 2 aromatic carbocycles. The summed E-state index contributed by atoms with van der Waals surface area (Å²) in [5.41, 5.74) is 1.58. The maximum absolute atomic E-state index is 11.8. The van der Waals surface area contributed by atoms with Crippen LogP contribution in [0.1, 0.15) is 30.6 Å². The lowest BCUT2D eigenvalue weighted by Crippen LogP contribution is -2.38. The smallest absolute Gasteiger partial charge is 0.417 e. The number of nitrogens with one attached hydrogen (secondary N) is 1. The number of hydrogen-bond donors (Lipinski definition) is 3. The molecule has 0 radical (unpaired) electrons. The van der Waals surface area contributed by atoms with Gasteiger partial charge >= 0.3 is 11.9 Å². The van der Waals surface area contributed by atoms with E-state index in [2.05, 4.69) is 5.32 Å². The number of carboxylic acid groups (broad SMARTS) is 1. The van der Waals surface area contributed by atoms with E-state index in [9.17, 15) is 14.7 Å². The summed E-state index contributed by atoms with van der Waals surface area (Å²) in [5, 5.41) is 22.4. The molecule has 0 heterocycles. The summed E-state index contributed by atoms with van der Waals surface area (Å²) < 4.78 is 16.1. The van der Waals surface area contributed by atoms with Crippen LogP contribution in [0.25, 0.3) is 0 Å². The second kappa shape index (κ2) is 13.5. The average molecular weight is 446 g/mol. The van der Waals surface area contributed by atoms with Crippen molar-refractivity contribution in [3.05, 3.63) is 65.7 Å². The van der Waals surface area contributed by atoms with Crippen LogP contribution in [0.2, 0.25) is 0 Å². The van der Waals surface area contributed by atoms with Crippen molar-refractivity contribution in [2.75, 3.05) is 26.9 Å². The zero-order chi connectivity index (χ0) is 23.3. The molecule has 0 aliphatic rings. The van der Waals surface area contributed by atoms with Crippen LogP contribution in [-0.2, 0) is 25.5 Å². The predicted octanol–water partition coefficient (Wildman–Crippen LogP) is 2.35. The Morgan fingerprint density at radius 1 is 1.03 bits per heavy atom. The first kappa shape index (κ1) is 25.3. The number of aliphatic hydroxyl groups excluding tert-OH is 1. The summed E-state index contributed by atoms with van der Waals surface area (Å²) in [7, 11) is 1.61. The van der Waals surface area contributed by atoms with Crippen molar-refractivity contribution in [2.24, 2.45) is 0 Å². The number of carbonyl (C=O) groups excluding carboxylic acids is 1. The minimum atomic E-state index is -1.65. The van der Waals surface area contributed by atoms with E-state index in [-0.39, 0.29) is 12.6 Å². The molecule has 8 nitrogen and oxygen atoms in total. The second-order valence-electron chi connectivity index (χ2n) is 7.49. The van der Waals surface area contributed by atoms with Crippen LogP contribution >= 0.6 is 0 Å². The van der Waals surface area contributed by atoms with Gasteiger partial charge in [0.05, 0.1) is 6.61 Å². The molecule has 0 aliphatic heterocycles. The van der Waals surface area contributed by atoms with Gasteiger partial charge in [-0.25, -0.2) is 9.59 Å². The average Bonchev–Trinajstić information content (AvgIpc) is 2.80. The first-order chi connectivity index (χ1) is 15.4. The number of aryl methyl sites for hydroxylation is 1. The molecule has 2 rings (SSSR count). The van der Waals surface area contributed by atoms with Gasteiger partial charge in [-0.15, -0.1) is 0 Å². The lowest BCUT2D eigenvalue weighted by atomic mass is 10.0. The number of ether oxygens (including phenoxy) is 3. The van der Waals surface area contributed by atoms with Gasteiger partial charge in [0, 0.05) is 25.3 Å². The molecule has 3 atom stereocenters. The molecule has 0 bridgehead atoms. The molecule has 8 heteroatoms. The number of methoxy groups -OCH3 is 1. The normalized spacial score (nSPS) is 13.7. The van der Waals surface area contributed by atoms with Crippen LogP contribution in [0.5, 0.6) is 5.75 Å². The fourth-order valence-corrected chi connectivity index (χ4v) is 3.17. The van der Waals surface area contributed by atoms with Crippen molar-refractivity contribution in [2.45, 2.75) is 38.0 Å². The van der Waals surface area contributed by atoms with E-state index < -0.39 is 24.1 Å². The fraction of sp³-hybridized carbons (Fsp3) is 0.417. The first-order valence-corrected chi connectivity index (χ1v) is 10.5. The zero-order valence-corrected chi connectivity index (χ0v) is 18.4. The van der Waals surface area contributed by atoms with Crippen LogP contribution in [0.15, 0.2) is 54.6 Å². The summed E-state index contributed by atoms with van der Waals surface area (Å²) >= 11 is 0. The minimum Gasteiger partial charge on any atom is -0.490 e. The Morgan fingerprint density at radius 3 is 2.41 bits per heavy atom. The molecule has 0 amide bonds. The summed E-state index contributed by atoms with van der Waals surface area (Å²) in [5.74, 6) is -2.55. The SMILES string of the molecule is COCC(C)NCC(O)COc1ccccc1C(CCc1ccccc1)OC(=O)C(=O)O. The number of esters is 1. The Labute approximate surface area is 188 Å². The number of carbonyl (C=O) groups is 2. The van der Waals surface area contributed by atoms with Gasteiger partial charge in [-0.1, -0.05) is 48.5 Å². The Bertz CT molecular complexity index is 843. The Kier molecular flexibility index (Phi) is 10.7. The Hall–Kier alpha value is -2.94. The maximum Gasteiger partial charge on any atom is 0.417 e. The number of carboxylic acids is 1. The topological polar surface area (TPSA) is 114 Å². The van der Waals surface area contributed by atoms with Gasteiger partial charge in [-0.2, -0.15) is 0 Å². The summed E-state index contributed by atoms with van der Waals surface area (Å²) in [4.78, 5) is 22.9. The number of benzene rings is 2. The van der Waals surface area contributed by atoms with E-state index in [1.807, 2.05) is 37.3 Å². The quantitative estimate of drug-likeness (QED) is 0.318. The highest BCUT2D eigenvalue weighted by Gasteiger charge is 2.24. The number of para-hydroxylation sites is 1. The van der Waals surface area contributed by atoms with Crippen LogP contribution in [0.3, 0.4) is 0 Å². The molecule has 2 aromatic rings. The van der Waals surface area contributed by atoms with Crippen LogP contribution in [-0.4, -0.2) is 61.2 Å². The number of aliphatic hydroxyl groups is 1. The number of hydrogen-bond acceptors (Lipinski definition) is 7. The molecule has 0 aliphatic carbocycles. The molecule has 32 heavy (non-hydrogen) atoms. The van der Waals surface area contributed by atoms with Crippen molar-refractivity contribution in [1.82, 2.24) is 5.32 Å². The lowest BCUT2D eigenvalue weighted by molar-refractivity contribution is -0.168. The van der Waals surface area contributed by atoms with Gasteiger partial charge in [-0.3, -0.25) is 0 Å². The maximum atomic E-state index is 11.8. The molecular formula is C24H31NO7. The zero-order valence-electron chi connectivity index (χ0n) is 18.4. The van der Waals surface area contributed by atoms with Crippen LogP contribution in [0, 0.1) is 0 Å². The van der Waals surface area contributed by atoms with Crippen molar-refractivity contribution < 1.29 is 34.0 Å². The van der Waals surface area contributed by atoms with Gasteiger partial charge < -0.3 is 29.7 Å². The van der Waals surface area contributed by atoms with E-state index in [0.29, 0.717) is 37.3 Å². The van der Waals surface area contributed by atoms with Crippen LogP contribution in [0.4, 0.5) is 0 Å². The lowest BCUT2D eigenvalue weighted by Gasteiger charge is -2.22. The van der Waals surface area contributed by atoms with Crippen molar-refractivity contribution in [1.29, 1.82) is 0 Å². The number of rotatable bonds is 13. The molecule has 0 fully saturated rings. The molecule has 0 saturated heterocycles. The minimum absolute atomic E-state index is 0.0159. The molecule has 174 valence electrons. The van der Waals surface area contributed by atoms with E-state index in [1.54, 1.807) is 31.4 Å². The fourth-order valence-electron chi connectivity index (χ4n) is 3.17. The third-order valence-electron chi connectivity index (χ3n) is 4.78. The molecule has 3 unspecified atom stereocenters. The van der Waals surface area contributed by atoms with Gasteiger partial charge in [0.25, 0.3) is 0 Å². The van der Waals surface area contributed by atoms with Gasteiger partial charge in [0.2, 0.25) is 0 Å². The predicted molar refractivity (Wildman–Crippen MR) is 119 cm³/mol. The highest BCUT2D eigenvalue weighted by Crippen LogP contribution is 2.31.